The molecule has 0 fully saturated rings. The van der Waals surface area contributed by atoms with E-state index in [0.717, 1.165) is 17.8 Å². The maximum atomic E-state index is 10.8. The quantitative estimate of drug-likeness (QED) is 0.770. The third kappa shape index (κ3) is 2.50. The Morgan fingerprint density at radius 3 is 2.88 bits per heavy atom. The predicted octanol–water partition coefficient (Wildman–Crippen LogP) is 1.18. The van der Waals surface area contributed by atoms with Gasteiger partial charge < -0.3 is 4.79 Å². The van der Waals surface area contributed by atoms with Crippen LogP contribution in [0.4, 0.5) is 0 Å². The van der Waals surface area contributed by atoms with Crippen molar-refractivity contribution < 1.29 is 4.79 Å². The molecule has 0 atom stereocenters. The number of hydrogen-bond donors (Lipinski definition) is 0. The number of rotatable bonds is 4. The lowest BCUT2D eigenvalue weighted by atomic mass is 10.1. The van der Waals surface area contributed by atoms with Crippen molar-refractivity contribution in [1.82, 2.24) is 19.7 Å². The molecule has 5 heteroatoms. The minimum atomic E-state index is 0.195. The molecule has 82 valence electrons. The summed E-state index contributed by atoms with van der Waals surface area (Å²) in [6.45, 7) is 1.59. The first-order chi connectivity index (χ1) is 7.75. The van der Waals surface area contributed by atoms with Crippen molar-refractivity contribution in [2.75, 3.05) is 0 Å². The molecule has 2 rings (SSSR count). The summed E-state index contributed by atoms with van der Waals surface area (Å²) in [6.07, 6.45) is 6.12. The number of hydrogen-bond acceptors (Lipinski definition) is 4. The summed E-state index contributed by atoms with van der Waals surface area (Å²) in [5.41, 5.74) is 1.05. The Kier molecular flexibility index (Phi) is 3.05. The number of carbonyl (C=O) groups is 1. The molecule has 0 radical (unpaired) electrons. The first-order valence-corrected chi connectivity index (χ1v) is 5.05. The normalized spacial score (nSPS) is 10.3. The van der Waals surface area contributed by atoms with Crippen molar-refractivity contribution in [3.63, 3.8) is 0 Å². The molecule has 2 heterocycles. The third-order valence-electron chi connectivity index (χ3n) is 2.23. The number of aromatic nitrogens is 4. The number of aryl methyl sites for hydroxylation is 1. The van der Waals surface area contributed by atoms with Crippen molar-refractivity contribution in [3.8, 4) is 5.82 Å². The lowest BCUT2D eigenvalue weighted by Crippen LogP contribution is -1.99. The van der Waals surface area contributed by atoms with Gasteiger partial charge in [0.1, 0.15) is 18.4 Å². The van der Waals surface area contributed by atoms with Crippen LogP contribution < -0.4 is 0 Å². The summed E-state index contributed by atoms with van der Waals surface area (Å²) in [4.78, 5) is 18.9. The molecule has 0 aliphatic heterocycles. The number of carbonyl (C=O) groups excluding carboxylic acids is 1. The lowest BCUT2D eigenvalue weighted by Gasteiger charge is -2.01. The fraction of sp³-hybridized carbons (Fsp3) is 0.273. The van der Waals surface area contributed by atoms with Crippen LogP contribution in [0.3, 0.4) is 0 Å². The molecule has 5 nitrogen and oxygen atoms in total. The smallest absolute Gasteiger partial charge is 0.155 e. The highest BCUT2D eigenvalue weighted by Crippen LogP contribution is 2.06. The predicted molar refractivity (Wildman–Crippen MR) is 58.2 cm³/mol. The van der Waals surface area contributed by atoms with Gasteiger partial charge in [-0.15, -0.1) is 0 Å². The lowest BCUT2D eigenvalue weighted by molar-refractivity contribution is -0.116. The van der Waals surface area contributed by atoms with Crippen LogP contribution in [0.25, 0.3) is 5.82 Å². The molecule has 2 aromatic heterocycles. The molecule has 0 saturated carbocycles. The molecule has 0 aliphatic carbocycles. The van der Waals surface area contributed by atoms with E-state index < -0.39 is 0 Å². The van der Waals surface area contributed by atoms with E-state index in [9.17, 15) is 4.79 Å². The number of nitrogens with zero attached hydrogens (tertiary/aromatic N) is 4. The van der Waals surface area contributed by atoms with E-state index in [2.05, 4.69) is 15.1 Å². The molecular weight excluding hydrogens is 204 g/mol. The molecule has 0 spiro atoms. The summed E-state index contributed by atoms with van der Waals surface area (Å²) >= 11 is 0. The van der Waals surface area contributed by atoms with Gasteiger partial charge in [-0.2, -0.15) is 5.10 Å². The SMILES string of the molecule is CC(=O)CCc1ccc(-n2cncn2)nc1. The Labute approximate surface area is 93.2 Å². The zero-order valence-corrected chi connectivity index (χ0v) is 9.00. The third-order valence-corrected chi connectivity index (χ3v) is 2.23. The van der Waals surface area contributed by atoms with Gasteiger partial charge in [0, 0.05) is 12.6 Å². The second kappa shape index (κ2) is 4.65. The van der Waals surface area contributed by atoms with E-state index in [1.54, 1.807) is 24.1 Å². The Bertz CT molecular complexity index is 461. The van der Waals surface area contributed by atoms with Crippen LogP contribution in [0, 0.1) is 0 Å². The number of Topliss-reactive ketones (excluding diaryl/α,β-unsaturated/α-hetero) is 1. The second-order valence-corrected chi connectivity index (χ2v) is 3.57. The summed E-state index contributed by atoms with van der Waals surface area (Å²) in [5, 5.41) is 3.98. The van der Waals surface area contributed by atoms with E-state index in [0.29, 0.717) is 6.42 Å². The molecule has 0 N–H and O–H groups in total. The molecule has 0 saturated heterocycles. The summed E-state index contributed by atoms with van der Waals surface area (Å²) in [6, 6.07) is 3.82. The summed E-state index contributed by atoms with van der Waals surface area (Å²) in [7, 11) is 0. The average molecular weight is 216 g/mol. The van der Waals surface area contributed by atoms with Gasteiger partial charge in [-0.25, -0.2) is 14.6 Å². The second-order valence-electron chi connectivity index (χ2n) is 3.57. The van der Waals surface area contributed by atoms with Gasteiger partial charge in [-0.05, 0) is 25.0 Å². The molecule has 16 heavy (non-hydrogen) atoms. The average Bonchev–Trinajstić information content (AvgIpc) is 2.80. The van der Waals surface area contributed by atoms with Gasteiger partial charge >= 0.3 is 0 Å². The Morgan fingerprint density at radius 1 is 1.44 bits per heavy atom. The highest BCUT2D eigenvalue weighted by atomic mass is 16.1. The minimum absolute atomic E-state index is 0.195. The zero-order chi connectivity index (χ0) is 11.4. The van der Waals surface area contributed by atoms with Crippen molar-refractivity contribution in [1.29, 1.82) is 0 Å². The maximum Gasteiger partial charge on any atom is 0.155 e. The largest absolute Gasteiger partial charge is 0.300 e. The van der Waals surface area contributed by atoms with Crippen LogP contribution in [0.2, 0.25) is 0 Å². The summed E-state index contributed by atoms with van der Waals surface area (Å²) < 4.78 is 1.59. The van der Waals surface area contributed by atoms with E-state index in [4.69, 9.17) is 0 Å². The molecular formula is C11H12N4O. The molecule has 2 aromatic rings. The highest BCUT2D eigenvalue weighted by Gasteiger charge is 2.00. The van der Waals surface area contributed by atoms with Crippen molar-refractivity contribution >= 4 is 5.78 Å². The molecule has 0 bridgehead atoms. The van der Waals surface area contributed by atoms with Gasteiger partial charge in [0.25, 0.3) is 0 Å². The van der Waals surface area contributed by atoms with Crippen LogP contribution in [-0.2, 0) is 11.2 Å². The monoisotopic (exact) mass is 216 g/mol. The number of pyridine rings is 1. The minimum Gasteiger partial charge on any atom is -0.300 e. The van der Waals surface area contributed by atoms with Gasteiger partial charge in [0.05, 0.1) is 0 Å². The Balaban J connectivity index is 2.08. The first kappa shape index (κ1) is 10.5. The van der Waals surface area contributed by atoms with Crippen molar-refractivity contribution in [2.24, 2.45) is 0 Å². The van der Waals surface area contributed by atoms with Crippen molar-refractivity contribution in [2.45, 2.75) is 19.8 Å². The highest BCUT2D eigenvalue weighted by molar-refractivity contribution is 5.75. The zero-order valence-electron chi connectivity index (χ0n) is 9.00. The van der Waals surface area contributed by atoms with Crippen LogP contribution >= 0.6 is 0 Å². The van der Waals surface area contributed by atoms with Gasteiger partial charge in [0.15, 0.2) is 5.82 Å². The van der Waals surface area contributed by atoms with Crippen LogP contribution in [0.1, 0.15) is 18.9 Å². The van der Waals surface area contributed by atoms with Crippen LogP contribution in [0.5, 0.6) is 0 Å². The van der Waals surface area contributed by atoms with E-state index in [1.165, 1.54) is 6.33 Å². The van der Waals surface area contributed by atoms with Crippen LogP contribution in [-0.4, -0.2) is 25.5 Å². The fourth-order valence-electron chi connectivity index (χ4n) is 1.35. The molecule has 0 aliphatic rings. The Hall–Kier alpha value is -2.04. The van der Waals surface area contributed by atoms with E-state index in [1.807, 2.05) is 12.1 Å². The maximum absolute atomic E-state index is 10.8. The molecule has 0 amide bonds. The Morgan fingerprint density at radius 2 is 2.31 bits per heavy atom. The first-order valence-electron chi connectivity index (χ1n) is 5.05. The van der Waals surface area contributed by atoms with Gasteiger partial charge in [-0.1, -0.05) is 6.07 Å². The van der Waals surface area contributed by atoms with Gasteiger partial charge in [0.2, 0.25) is 0 Å². The number of ketones is 1. The van der Waals surface area contributed by atoms with Crippen LogP contribution in [0.15, 0.2) is 31.0 Å². The topological polar surface area (TPSA) is 60.7 Å². The summed E-state index contributed by atoms with van der Waals surface area (Å²) in [5.74, 6) is 0.921. The van der Waals surface area contributed by atoms with E-state index in [-0.39, 0.29) is 5.78 Å². The van der Waals surface area contributed by atoms with Crippen molar-refractivity contribution in [3.05, 3.63) is 36.5 Å². The molecule has 0 unspecified atom stereocenters. The fourth-order valence-corrected chi connectivity index (χ4v) is 1.35. The van der Waals surface area contributed by atoms with E-state index >= 15 is 0 Å². The van der Waals surface area contributed by atoms with Gasteiger partial charge in [-0.3, -0.25) is 0 Å². The molecule has 0 aromatic carbocycles. The standard InChI is InChI=1S/C11H12N4O/c1-9(16)2-3-10-4-5-11(13-6-10)15-8-12-7-14-15/h4-8H,2-3H2,1H3.